The van der Waals surface area contributed by atoms with Crippen molar-refractivity contribution in [3.05, 3.63) is 23.8 Å². The number of hydrogen-bond acceptors (Lipinski definition) is 4. The Bertz CT molecular complexity index is 440. The molecular weight excluding hydrogens is 216 g/mol. The van der Waals surface area contributed by atoms with Crippen molar-refractivity contribution in [1.29, 1.82) is 5.26 Å². The van der Waals surface area contributed by atoms with E-state index in [-0.39, 0.29) is 6.04 Å². The molecule has 0 spiro atoms. The summed E-state index contributed by atoms with van der Waals surface area (Å²) in [6.07, 6.45) is 0.929. The van der Waals surface area contributed by atoms with Crippen molar-refractivity contribution in [2.45, 2.75) is 12.5 Å². The number of benzene rings is 1. The van der Waals surface area contributed by atoms with E-state index in [2.05, 4.69) is 11.0 Å². The first kappa shape index (κ1) is 11.7. The standard InChI is InChI=1S/C13H16N2O2/c1-16-12-4-3-10(7-13(12)17-2)5-6-15-9-11(15)8-14/h3-4,7,11H,5-6,9H2,1-2H3. The summed E-state index contributed by atoms with van der Waals surface area (Å²) in [5, 5.41) is 8.70. The van der Waals surface area contributed by atoms with Crippen LogP contribution < -0.4 is 9.47 Å². The zero-order valence-electron chi connectivity index (χ0n) is 10.1. The van der Waals surface area contributed by atoms with E-state index in [4.69, 9.17) is 14.7 Å². The lowest BCUT2D eigenvalue weighted by Crippen LogP contribution is -2.06. The molecule has 1 aromatic rings. The van der Waals surface area contributed by atoms with Gasteiger partial charge in [0.05, 0.1) is 20.3 Å². The van der Waals surface area contributed by atoms with Gasteiger partial charge >= 0.3 is 0 Å². The van der Waals surface area contributed by atoms with Crippen LogP contribution in [0.5, 0.6) is 11.5 Å². The number of nitriles is 1. The molecule has 0 aromatic heterocycles. The predicted molar refractivity (Wildman–Crippen MR) is 64.2 cm³/mol. The van der Waals surface area contributed by atoms with Crippen molar-refractivity contribution in [2.24, 2.45) is 0 Å². The normalized spacial score (nSPS) is 21.7. The molecule has 2 rings (SSSR count). The largest absolute Gasteiger partial charge is 0.493 e. The molecule has 0 radical (unpaired) electrons. The number of ether oxygens (including phenoxy) is 2. The minimum Gasteiger partial charge on any atom is -0.493 e. The molecule has 1 aromatic carbocycles. The Morgan fingerprint density at radius 2 is 2.12 bits per heavy atom. The second kappa shape index (κ2) is 5.07. The van der Waals surface area contributed by atoms with Crippen molar-refractivity contribution < 1.29 is 9.47 Å². The average molecular weight is 232 g/mol. The van der Waals surface area contributed by atoms with Gasteiger partial charge in [-0.2, -0.15) is 5.26 Å². The number of methoxy groups -OCH3 is 2. The van der Waals surface area contributed by atoms with Crippen molar-refractivity contribution >= 4 is 0 Å². The fourth-order valence-electron chi connectivity index (χ4n) is 1.85. The monoisotopic (exact) mass is 232 g/mol. The van der Waals surface area contributed by atoms with E-state index in [1.165, 1.54) is 5.56 Å². The third kappa shape index (κ3) is 2.69. The zero-order valence-corrected chi connectivity index (χ0v) is 10.1. The van der Waals surface area contributed by atoms with Crippen molar-refractivity contribution in [3.63, 3.8) is 0 Å². The summed E-state index contributed by atoms with van der Waals surface area (Å²) >= 11 is 0. The maximum absolute atomic E-state index is 8.70. The zero-order chi connectivity index (χ0) is 12.3. The Labute approximate surface area is 101 Å². The lowest BCUT2D eigenvalue weighted by molar-refractivity contribution is 0.354. The maximum Gasteiger partial charge on any atom is 0.160 e. The van der Waals surface area contributed by atoms with Gasteiger partial charge in [0, 0.05) is 13.1 Å². The van der Waals surface area contributed by atoms with E-state index in [1.54, 1.807) is 14.2 Å². The first-order valence-electron chi connectivity index (χ1n) is 5.63. The number of hydrogen-bond donors (Lipinski definition) is 0. The van der Waals surface area contributed by atoms with E-state index in [0.29, 0.717) is 0 Å². The third-order valence-corrected chi connectivity index (χ3v) is 3.00. The Morgan fingerprint density at radius 3 is 2.71 bits per heavy atom. The van der Waals surface area contributed by atoms with Gasteiger partial charge in [-0.25, -0.2) is 0 Å². The van der Waals surface area contributed by atoms with Crippen LogP contribution >= 0.6 is 0 Å². The Hall–Kier alpha value is -1.73. The summed E-state index contributed by atoms with van der Waals surface area (Å²) in [6, 6.07) is 8.32. The molecule has 0 amide bonds. The van der Waals surface area contributed by atoms with Gasteiger partial charge in [0.1, 0.15) is 6.04 Å². The smallest absolute Gasteiger partial charge is 0.160 e. The van der Waals surface area contributed by atoms with Gasteiger partial charge in [0.2, 0.25) is 0 Å². The molecule has 2 atom stereocenters. The van der Waals surface area contributed by atoms with Gasteiger partial charge in [-0.15, -0.1) is 0 Å². The minimum absolute atomic E-state index is 0.134. The van der Waals surface area contributed by atoms with Gasteiger partial charge in [0.15, 0.2) is 11.5 Å². The molecule has 1 saturated heterocycles. The number of rotatable bonds is 5. The minimum atomic E-state index is 0.134. The van der Waals surface area contributed by atoms with Crippen molar-refractivity contribution in [1.82, 2.24) is 4.90 Å². The van der Waals surface area contributed by atoms with Crippen molar-refractivity contribution in [3.8, 4) is 17.6 Å². The molecule has 0 N–H and O–H groups in total. The molecule has 2 unspecified atom stereocenters. The Balaban J connectivity index is 1.95. The highest BCUT2D eigenvalue weighted by molar-refractivity contribution is 5.43. The highest BCUT2D eigenvalue weighted by Crippen LogP contribution is 2.28. The summed E-state index contributed by atoms with van der Waals surface area (Å²) in [4.78, 5) is 2.15. The second-order valence-electron chi connectivity index (χ2n) is 4.08. The van der Waals surface area contributed by atoms with Crippen LogP contribution in [0, 0.1) is 11.3 Å². The van der Waals surface area contributed by atoms with Crippen LogP contribution in [0.25, 0.3) is 0 Å². The molecule has 0 bridgehead atoms. The fourth-order valence-corrected chi connectivity index (χ4v) is 1.85. The first-order valence-corrected chi connectivity index (χ1v) is 5.63. The van der Waals surface area contributed by atoms with Gasteiger partial charge in [-0.1, -0.05) is 6.07 Å². The Kier molecular flexibility index (Phi) is 3.50. The van der Waals surface area contributed by atoms with E-state index in [1.807, 2.05) is 18.2 Å². The van der Waals surface area contributed by atoms with Crippen LogP contribution in [0.1, 0.15) is 5.56 Å². The first-order chi connectivity index (χ1) is 8.28. The molecule has 0 saturated carbocycles. The van der Waals surface area contributed by atoms with Crippen LogP contribution in [0.3, 0.4) is 0 Å². The summed E-state index contributed by atoms with van der Waals surface area (Å²) < 4.78 is 10.4. The SMILES string of the molecule is COc1ccc(CCN2CC2C#N)cc1OC. The van der Waals surface area contributed by atoms with Crippen LogP contribution in [0.2, 0.25) is 0 Å². The molecule has 0 aliphatic carbocycles. The molecule has 1 aliphatic heterocycles. The van der Waals surface area contributed by atoms with Crippen LogP contribution in [-0.2, 0) is 6.42 Å². The highest BCUT2D eigenvalue weighted by atomic mass is 16.5. The molecule has 17 heavy (non-hydrogen) atoms. The summed E-state index contributed by atoms with van der Waals surface area (Å²) in [7, 11) is 3.27. The second-order valence-corrected chi connectivity index (χ2v) is 4.08. The summed E-state index contributed by atoms with van der Waals surface area (Å²) in [5.41, 5.74) is 1.20. The lowest BCUT2D eigenvalue weighted by Gasteiger charge is -2.09. The van der Waals surface area contributed by atoms with Crippen LogP contribution in [0.4, 0.5) is 0 Å². The maximum atomic E-state index is 8.70. The molecule has 1 heterocycles. The van der Waals surface area contributed by atoms with E-state index in [0.717, 1.165) is 31.0 Å². The van der Waals surface area contributed by atoms with E-state index < -0.39 is 0 Å². The molecule has 1 aliphatic rings. The summed E-state index contributed by atoms with van der Waals surface area (Å²) in [5.74, 6) is 1.51. The predicted octanol–water partition coefficient (Wildman–Crippen LogP) is 1.45. The van der Waals surface area contributed by atoms with Crippen LogP contribution in [0.15, 0.2) is 18.2 Å². The lowest BCUT2D eigenvalue weighted by atomic mass is 10.1. The van der Waals surface area contributed by atoms with Crippen molar-refractivity contribution in [2.75, 3.05) is 27.3 Å². The fraction of sp³-hybridized carbons (Fsp3) is 0.462. The van der Waals surface area contributed by atoms with E-state index >= 15 is 0 Å². The van der Waals surface area contributed by atoms with E-state index in [9.17, 15) is 0 Å². The molecular formula is C13H16N2O2. The van der Waals surface area contributed by atoms with Gasteiger partial charge < -0.3 is 9.47 Å². The topological polar surface area (TPSA) is 45.3 Å². The quantitative estimate of drug-likeness (QED) is 0.721. The Morgan fingerprint density at radius 1 is 1.35 bits per heavy atom. The molecule has 4 nitrogen and oxygen atoms in total. The van der Waals surface area contributed by atoms with Crippen LogP contribution in [-0.4, -0.2) is 38.3 Å². The third-order valence-electron chi connectivity index (χ3n) is 3.00. The molecule has 4 heteroatoms. The van der Waals surface area contributed by atoms with Gasteiger partial charge in [-0.3, -0.25) is 4.90 Å². The highest BCUT2D eigenvalue weighted by Gasteiger charge is 2.32. The number of nitrogens with zero attached hydrogens (tertiary/aromatic N) is 2. The van der Waals surface area contributed by atoms with Gasteiger partial charge in [0.25, 0.3) is 0 Å². The molecule has 90 valence electrons. The molecule has 1 fully saturated rings. The average Bonchev–Trinajstić information content (AvgIpc) is 3.14. The summed E-state index contributed by atoms with van der Waals surface area (Å²) in [6.45, 7) is 1.83. The van der Waals surface area contributed by atoms with Gasteiger partial charge in [-0.05, 0) is 24.1 Å².